The van der Waals surface area contributed by atoms with E-state index < -0.39 is 41.3 Å². The molecule has 3 aliphatic heterocycles. The third-order valence-electron chi connectivity index (χ3n) is 10.3. The molecule has 17 heteroatoms. The molecular weight excluding hydrogens is 722 g/mol. The van der Waals surface area contributed by atoms with Crippen molar-refractivity contribution in [3.63, 3.8) is 0 Å². The zero-order valence-corrected chi connectivity index (χ0v) is 29.6. The Morgan fingerprint density at radius 1 is 0.855 bits per heavy atom. The number of alkyl halides is 3. The molecule has 0 saturated carbocycles. The molecule has 3 aliphatic rings. The lowest BCUT2D eigenvalue weighted by molar-refractivity contribution is -0.141. The summed E-state index contributed by atoms with van der Waals surface area (Å²) in [7, 11) is 0. The van der Waals surface area contributed by atoms with Gasteiger partial charge < -0.3 is 30.7 Å². The number of nitrogens with zero attached hydrogens (tertiary/aromatic N) is 5. The number of halogens is 4. The second kappa shape index (κ2) is 15.4. The summed E-state index contributed by atoms with van der Waals surface area (Å²) in [5.74, 6) is -2.82. The lowest BCUT2D eigenvalue weighted by Gasteiger charge is -2.44. The Morgan fingerprint density at radius 2 is 1.56 bits per heavy atom. The summed E-state index contributed by atoms with van der Waals surface area (Å²) in [5, 5.41) is 7.79. The van der Waals surface area contributed by atoms with Crippen LogP contribution in [-0.4, -0.2) is 89.4 Å². The minimum atomic E-state index is -4.72. The summed E-state index contributed by atoms with van der Waals surface area (Å²) in [6.45, 7) is 4.78. The first-order valence-electron chi connectivity index (χ1n) is 17.9. The van der Waals surface area contributed by atoms with Crippen LogP contribution < -0.4 is 31.5 Å². The zero-order valence-electron chi connectivity index (χ0n) is 29.6. The van der Waals surface area contributed by atoms with Gasteiger partial charge in [0, 0.05) is 81.2 Å². The van der Waals surface area contributed by atoms with Crippen LogP contribution in [0.4, 0.5) is 40.3 Å². The molecule has 55 heavy (non-hydrogen) atoms. The molecule has 4 amide bonds. The molecule has 13 nitrogen and oxygen atoms in total. The molecule has 1 atom stereocenters. The molecule has 2 aromatic heterocycles. The normalized spacial score (nSPS) is 18.6. The molecule has 288 valence electrons. The highest BCUT2D eigenvalue weighted by molar-refractivity contribution is 6.08. The topological polar surface area (TPSA) is 158 Å². The number of rotatable bonds is 9. The summed E-state index contributed by atoms with van der Waals surface area (Å²) < 4.78 is 56.1. The highest BCUT2D eigenvalue weighted by atomic mass is 19.4. The third-order valence-corrected chi connectivity index (χ3v) is 10.3. The van der Waals surface area contributed by atoms with E-state index in [1.165, 1.54) is 18.5 Å². The number of imide groups is 1. The smallest absolute Gasteiger partial charge is 0.374 e. The lowest BCUT2D eigenvalue weighted by atomic mass is 10.0. The van der Waals surface area contributed by atoms with Crippen LogP contribution in [0.15, 0.2) is 73.1 Å². The van der Waals surface area contributed by atoms with Crippen molar-refractivity contribution in [2.24, 2.45) is 5.73 Å². The van der Waals surface area contributed by atoms with Gasteiger partial charge in [-0.05, 0) is 73.9 Å². The largest absolute Gasteiger partial charge is 0.433 e. The van der Waals surface area contributed by atoms with Gasteiger partial charge >= 0.3 is 6.18 Å². The van der Waals surface area contributed by atoms with Gasteiger partial charge in [0.2, 0.25) is 11.8 Å². The number of benzene rings is 2. The number of carbonyl (C=O) groups is 4. The average Bonchev–Trinajstić information content (AvgIpc) is 3.60. The van der Waals surface area contributed by atoms with Gasteiger partial charge in [-0.1, -0.05) is 6.07 Å². The van der Waals surface area contributed by atoms with Gasteiger partial charge in [-0.15, -0.1) is 0 Å². The summed E-state index contributed by atoms with van der Waals surface area (Å²) >= 11 is 0. The molecule has 1 unspecified atom stereocenters. The average molecular weight is 762 g/mol. The number of piperazine rings is 1. The number of hydrogen-bond acceptors (Lipinski definition) is 9. The van der Waals surface area contributed by atoms with E-state index in [1.54, 1.807) is 16.7 Å². The van der Waals surface area contributed by atoms with Crippen molar-refractivity contribution >= 4 is 46.4 Å². The maximum atomic E-state index is 15.2. The number of nitrogens with one attached hydrogen (secondary N) is 3. The van der Waals surface area contributed by atoms with Gasteiger partial charge in [0.05, 0.1) is 16.9 Å². The second-order valence-corrected chi connectivity index (χ2v) is 13.8. The molecule has 5 N–H and O–H groups in total. The number of pyridine rings is 1. The second-order valence-electron chi connectivity index (χ2n) is 13.8. The first-order valence-corrected chi connectivity index (χ1v) is 17.9. The summed E-state index contributed by atoms with van der Waals surface area (Å²) in [6.07, 6.45) is 0.583. The molecule has 0 radical (unpaired) electrons. The van der Waals surface area contributed by atoms with Gasteiger partial charge in [-0.25, -0.2) is 9.37 Å². The van der Waals surface area contributed by atoms with Crippen LogP contribution in [-0.2, 0) is 15.8 Å². The summed E-state index contributed by atoms with van der Waals surface area (Å²) in [4.78, 5) is 58.7. The number of nitrogens with two attached hydrogens (primary N) is 1. The van der Waals surface area contributed by atoms with Crippen LogP contribution >= 0.6 is 0 Å². The molecule has 5 heterocycles. The van der Waals surface area contributed by atoms with E-state index in [9.17, 15) is 32.3 Å². The quantitative estimate of drug-likeness (QED) is 0.144. The first-order chi connectivity index (χ1) is 26.3. The standard InChI is InChI=1S/C38H39F4N9O4/c39-28-20-23(44-30-9-11-34(52)47-37(30)55)4-10-32(28)50-14-12-26(13-15-50)49-18-16-48(17-19-49)24-5-7-25(8-6-24)51-21-27(35(43)53)31(22-51)46-36(54)29-2-1-3-33(45-29)38(40,41)42/h1-8,10,20-22,26,30,44H,9,11-19H2,(H2,43,53)(H,46,54)(H,47,52,55). The Hall–Kier alpha value is -5.97. The number of carbonyl (C=O) groups excluding carboxylic acids is 4. The third kappa shape index (κ3) is 8.41. The van der Waals surface area contributed by atoms with E-state index in [2.05, 4.69) is 35.6 Å². The minimum absolute atomic E-state index is 0.0197. The van der Waals surface area contributed by atoms with Gasteiger partial charge in [0.15, 0.2) is 0 Å². The molecule has 0 aliphatic carbocycles. The molecule has 0 spiro atoms. The van der Waals surface area contributed by atoms with Gasteiger partial charge in [-0.3, -0.25) is 29.4 Å². The van der Waals surface area contributed by atoms with Crippen molar-refractivity contribution in [2.75, 3.05) is 59.7 Å². The van der Waals surface area contributed by atoms with Gasteiger partial charge in [0.25, 0.3) is 11.8 Å². The number of anilines is 4. The van der Waals surface area contributed by atoms with E-state index in [-0.39, 0.29) is 29.4 Å². The van der Waals surface area contributed by atoms with Crippen molar-refractivity contribution in [3.05, 3.63) is 95.8 Å². The SMILES string of the molecule is NC(=O)c1cn(-c2ccc(N3CCN(C4CCN(c5ccc(NC6CCC(=O)NC6=O)cc5F)CC4)CC3)cc2)cc1NC(=O)c1cccc(C(F)(F)F)n1. The van der Waals surface area contributed by atoms with E-state index in [0.29, 0.717) is 42.6 Å². The predicted octanol–water partition coefficient (Wildman–Crippen LogP) is 4.39. The van der Waals surface area contributed by atoms with Crippen LogP contribution in [0.25, 0.3) is 5.69 Å². The maximum Gasteiger partial charge on any atom is 0.433 e. The summed E-state index contributed by atoms with van der Waals surface area (Å²) in [5.41, 5.74) is 6.59. The van der Waals surface area contributed by atoms with Crippen molar-refractivity contribution in [2.45, 2.75) is 43.9 Å². The molecular formula is C38H39F4N9O4. The van der Waals surface area contributed by atoms with Crippen LogP contribution in [0.1, 0.15) is 52.2 Å². The fourth-order valence-corrected chi connectivity index (χ4v) is 7.34. The molecule has 3 saturated heterocycles. The Labute approximate surface area is 313 Å². The van der Waals surface area contributed by atoms with Crippen molar-refractivity contribution in [3.8, 4) is 5.69 Å². The van der Waals surface area contributed by atoms with Crippen molar-refractivity contribution in [1.82, 2.24) is 19.8 Å². The van der Waals surface area contributed by atoms with Gasteiger partial charge in [0.1, 0.15) is 23.2 Å². The number of hydrogen-bond donors (Lipinski definition) is 4. The van der Waals surface area contributed by atoms with E-state index in [4.69, 9.17) is 5.73 Å². The van der Waals surface area contributed by atoms with Crippen molar-refractivity contribution in [1.29, 1.82) is 0 Å². The monoisotopic (exact) mass is 761 g/mol. The molecule has 4 aromatic rings. The first kappa shape index (κ1) is 37.3. The molecule has 2 aromatic carbocycles. The number of primary amides is 1. The highest BCUT2D eigenvalue weighted by Crippen LogP contribution is 2.30. The Balaban J connectivity index is 0.910. The Morgan fingerprint density at radius 3 is 2.22 bits per heavy atom. The van der Waals surface area contributed by atoms with Crippen LogP contribution in [0, 0.1) is 5.82 Å². The van der Waals surface area contributed by atoms with E-state index in [0.717, 1.165) is 62.9 Å². The number of amides is 4. The van der Waals surface area contributed by atoms with Crippen LogP contribution in [0.5, 0.6) is 0 Å². The fourth-order valence-electron chi connectivity index (χ4n) is 7.34. The van der Waals surface area contributed by atoms with Gasteiger partial charge in [-0.2, -0.15) is 13.2 Å². The minimum Gasteiger partial charge on any atom is -0.374 e. The molecule has 7 rings (SSSR count). The Bertz CT molecular complexity index is 2090. The van der Waals surface area contributed by atoms with E-state index >= 15 is 4.39 Å². The highest BCUT2D eigenvalue weighted by Gasteiger charge is 2.33. The number of aromatic nitrogens is 2. The lowest BCUT2D eigenvalue weighted by Crippen LogP contribution is -2.53. The maximum absolute atomic E-state index is 15.2. The Kier molecular flexibility index (Phi) is 10.5. The number of piperidine rings is 2. The fraction of sp³-hybridized carbons (Fsp3) is 0.342. The molecule has 3 fully saturated rings. The van der Waals surface area contributed by atoms with Crippen molar-refractivity contribution < 1.29 is 36.7 Å². The van der Waals surface area contributed by atoms with E-state index in [1.807, 2.05) is 24.3 Å². The molecule has 0 bridgehead atoms. The van der Waals surface area contributed by atoms with Crippen LogP contribution in [0.2, 0.25) is 0 Å². The summed E-state index contributed by atoms with van der Waals surface area (Å²) in [6, 6.07) is 15.3. The zero-order chi connectivity index (χ0) is 38.9. The van der Waals surface area contributed by atoms with Crippen LogP contribution in [0.3, 0.4) is 0 Å². The predicted molar refractivity (Wildman–Crippen MR) is 197 cm³/mol.